The maximum Gasteiger partial charge on any atom is 0.321 e. The Kier molecular flexibility index (Phi) is 7.18. The van der Waals surface area contributed by atoms with E-state index in [0.717, 1.165) is 13.0 Å². The Hall–Kier alpha value is -2.15. The van der Waals surface area contributed by atoms with Crippen LogP contribution in [0.1, 0.15) is 20.3 Å². The Labute approximate surface area is 148 Å². The third-order valence-electron chi connectivity index (χ3n) is 4.47. The van der Waals surface area contributed by atoms with E-state index < -0.39 is 5.82 Å². The van der Waals surface area contributed by atoms with Gasteiger partial charge in [0.15, 0.2) is 0 Å². The number of likely N-dealkylation sites (N-methyl/N-ethyl adjacent to an activating group) is 1. The van der Waals surface area contributed by atoms with E-state index in [1.54, 1.807) is 23.1 Å². The van der Waals surface area contributed by atoms with Gasteiger partial charge in [-0.25, -0.2) is 9.18 Å². The molecule has 138 valence electrons. The van der Waals surface area contributed by atoms with Gasteiger partial charge in [-0.15, -0.1) is 0 Å². The largest absolute Gasteiger partial charge is 0.342 e. The van der Waals surface area contributed by atoms with E-state index in [0.29, 0.717) is 39.3 Å². The summed E-state index contributed by atoms with van der Waals surface area (Å²) in [6.45, 7) is 8.26. The lowest BCUT2D eigenvalue weighted by atomic mass is 10.3. The number of benzene rings is 1. The Morgan fingerprint density at radius 3 is 2.52 bits per heavy atom. The van der Waals surface area contributed by atoms with Gasteiger partial charge in [0.2, 0.25) is 5.91 Å². The number of para-hydroxylation sites is 1. The van der Waals surface area contributed by atoms with Crippen molar-refractivity contribution in [1.29, 1.82) is 0 Å². The highest BCUT2D eigenvalue weighted by atomic mass is 19.1. The van der Waals surface area contributed by atoms with Crippen LogP contribution in [0.4, 0.5) is 14.9 Å². The van der Waals surface area contributed by atoms with E-state index in [9.17, 15) is 14.0 Å². The van der Waals surface area contributed by atoms with Gasteiger partial charge in [0.05, 0.1) is 12.2 Å². The molecule has 7 heteroatoms. The molecule has 0 bridgehead atoms. The van der Waals surface area contributed by atoms with Crippen molar-refractivity contribution in [1.82, 2.24) is 14.7 Å². The molecular weight excluding hydrogens is 323 g/mol. The first-order valence-electron chi connectivity index (χ1n) is 8.85. The highest BCUT2D eigenvalue weighted by molar-refractivity contribution is 5.89. The van der Waals surface area contributed by atoms with Crippen molar-refractivity contribution in [3.8, 4) is 0 Å². The molecule has 1 aromatic carbocycles. The van der Waals surface area contributed by atoms with Crippen LogP contribution in [0, 0.1) is 5.82 Å². The van der Waals surface area contributed by atoms with Crippen molar-refractivity contribution < 1.29 is 14.0 Å². The quantitative estimate of drug-likeness (QED) is 0.886. The number of nitrogens with zero attached hydrogens (tertiary/aromatic N) is 3. The highest BCUT2D eigenvalue weighted by Gasteiger charge is 2.22. The van der Waals surface area contributed by atoms with Crippen LogP contribution < -0.4 is 5.32 Å². The average molecular weight is 350 g/mol. The molecule has 2 rings (SSSR count). The van der Waals surface area contributed by atoms with E-state index in [4.69, 9.17) is 0 Å². The van der Waals surface area contributed by atoms with Crippen LogP contribution in [0.2, 0.25) is 0 Å². The van der Waals surface area contributed by atoms with Crippen LogP contribution in [-0.2, 0) is 4.79 Å². The summed E-state index contributed by atoms with van der Waals surface area (Å²) in [6.07, 6.45) is 0.788. The zero-order valence-electron chi connectivity index (χ0n) is 15.0. The summed E-state index contributed by atoms with van der Waals surface area (Å²) >= 11 is 0. The predicted octanol–water partition coefficient (Wildman–Crippen LogP) is 2.23. The third-order valence-corrected chi connectivity index (χ3v) is 4.47. The summed E-state index contributed by atoms with van der Waals surface area (Å²) in [5, 5.41) is 2.62. The van der Waals surface area contributed by atoms with Crippen LogP contribution in [0.3, 0.4) is 0 Å². The number of anilines is 1. The zero-order chi connectivity index (χ0) is 18.2. The average Bonchev–Trinajstić information content (AvgIpc) is 2.83. The zero-order valence-corrected chi connectivity index (χ0v) is 15.0. The molecule has 0 saturated carbocycles. The first-order chi connectivity index (χ1) is 12.0. The SMILES string of the molecule is CCN(CC)C(=O)CN1CCCN(C(=O)Nc2ccccc2F)CC1. The minimum Gasteiger partial charge on any atom is -0.342 e. The Morgan fingerprint density at radius 1 is 1.12 bits per heavy atom. The van der Waals surface area contributed by atoms with Gasteiger partial charge in [0, 0.05) is 39.3 Å². The van der Waals surface area contributed by atoms with Crippen LogP contribution in [-0.4, -0.2) is 72.5 Å². The number of hydrogen-bond donors (Lipinski definition) is 1. The normalized spacial score (nSPS) is 15.6. The number of nitrogens with one attached hydrogen (secondary N) is 1. The van der Waals surface area contributed by atoms with Gasteiger partial charge in [-0.3, -0.25) is 9.69 Å². The van der Waals surface area contributed by atoms with Crippen LogP contribution in [0.5, 0.6) is 0 Å². The summed E-state index contributed by atoms with van der Waals surface area (Å²) in [6, 6.07) is 5.82. The monoisotopic (exact) mass is 350 g/mol. The maximum atomic E-state index is 13.7. The molecule has 1 heterocycles. The van der Waals surface area contributed by atoms with Crippen LogP contribution in [0.25, 0.3) is 0 Å². The standard InChI is InChI=1S/C18H27FN4O2/c1-3-22(4-2)17(24)14-21-10-7-11-23(13-12-21)18(25)20-16-9-6-5-8-15(16)19/h5-6,8-9H,3-4,7,10-14H2,1-2H3,(H,20,25). The smallest absolute Gasteiger partial charge is 0.321 e. The second-order valence-corrected chi connectivity index (χ2v) is 6.09. The van der Waals surface area contributed by atoms with Crippen LogP contribution >= 0.6 is 0 Å². The first kappa shape index (κ1) is 19.2. The second-order valence-electron chi connectivity index (χ2n) is 6.09. The minimum atomic E-state index is -0.447. The molecule has 6 nitrogen and oxygen atoms in total. The van der Waals surface area contributed by atoms with Crippen molar-refractivity contribution in [2.75, 3.05) is 51.1 Å². The lowest BCUT2D eigenvalue weighted by Gasteiger charge is -2.25. The fraction of sp³-hybridized carbons (Fsp3) is 0.556. The first-order valence-corrected chi connectivity index (χ1v) is 8.85. The number of rotatable bonds is 5. The molecule has 1 N–H and O–H groups in total. The molecule has 1 aliphatic heterocycles. The topological polar surface area (TPSA) is 55.9 Å². The fourth-order valence-electron chi connectivity index (χ4n) is 2.96. The van der Waals surface area contributed by atoms with E-state index >= 15 is 0 Å². The molecule has 0 aromatic heterocycles. The van der Waals surface area contributed by atoms with Crippen molar-refractivity contribution >= 4 is 17.6 Å². The summed E-state index contributed by atoms with van der Waals surface area (Å²) < 4.78 is 13.7. The number of amides is 3. The Morgan fingerprint density at radius 2 is 1.84 bits per heavy atom. The van der Waals surface area contributed by atoms with Crippen molar-refractivity contribution in [3.05, 3.63) is 30.1 Å². The summed E-state index contributed by atoms with van der Waals surface area (Å²) in [5.41, 5.74) is 0.185. The van der Waals surface area contributed by atoms with Gasteiger partial charge in [0.25, 0.3) is 0 Å². The Balaban J connectivity index is 1.87. The number of carbonyl (C=O) groups excluding carboxylic acids is 2. The summed E-state index contributed by atoms with van der Waals surface area (Å²) in [7, 11) is 0. The predicted molar refractivity (Wildman–Crippen MR) is 96.0 cm³/mol. The number of urea groups is 1. The molecule has 0 radical (unpaired) electrons. The Bertz CT molecular complexity index is 592. The number of carbonyl (C=O) groups is 2. The number of halogens is 1. The molecule has 0 atom stereocenters. The highest BCUT2D eigenvalue weighted by Crippen LogP contribution is 2.14. The van der Waals surface area contributed by atoms with Gasteiger partial charge in [0.1, 0.15) is 5.82 Å². The number of hydrogen-bond acceptors (Lipinski definition) is 3. The van der Waals surface area contributed by atoms with E-state index in [1.165, 1.54) is 6.07 Å². The fourth-order valence-corrected chi connectivity index (χ4v) is 2.96. The molecule has 1 fully saturated rings. The van der Waals surface area contributed by atoms with E-state index in [-0.39, 0.29) is 17.6 Å². The molecule has 0 unspecified atom stereocenters. The van der Waals surface area contributed by atoms with Gasteiger partial charge >= 0.3 is 6.03 Å². The minimum absolute atomic E-state index is 0.120. The molecule has 1 saturated heterocycles. The van der Waals surface area contributed by atoms with Gasteiger partial charge in [-0.05, 0) is 32.4 Å². The third kappa shape index (κ3) is 5.42. The maximum absolute atomic E-state index is 13.7. The molecule has 25 heavy (non-hydrogen) atoms. The molecule has 0 spiro atoms. The lowest BCUT2D eigenvalue weighted by Crippen LogP contribution is -2.42. The molecule has 1 aromatic rings. The summed E-state index contributed by atoms with van der Waals surface area (Å²) in [4.78, 5) is 30.2. The van der Waals surface area contributed by atoms with Crippen molar-refractivity contribution in [3.63, 3.8) is 0 Å². The van der Waals surface area contributed by atoms with Gasteiger partial charge in [-0.2, -0.15) is 0 Å². The summed E-state index contributed by atoms with van der Waals surface area (Å²) in [5.74, 6) is -0.327. The molecule has 0 aliphatic carbocycles. The van der Waals surface area contributed by atoms with E-state index in [1.807, 2.05) is 18.7 Å². The molecule has 1 aliphatic rings. The second kappa shape index (κ2) is 9.36. The molecular formula is C18H27FN4O2. The molecule has 3 amide bonds. The van der Waals surface area contributed by atoms with Gasteiger partial charge < -0.3 is 15.1 Å². The van der Waals surface area contributed by atoms with Crippen molar-refractivity contribution in [2.45, 2.75) is 20.3 Å². The van der Waals surface area contributed by atoms with Crippen molar-refractivity contribution in [2.24, 2.45) is 0 Å². The van der Waals surface area contributed by atoms with E-state index in [2.05, 4.69) is 10.2 Å². The van der Waals surface area contributed by atoms with Crippen LogP contribution in [0.15, 0.2) is 24.3 Å². The lowest BCUT2D eigenvalue weighted by molar-refractivity contribution is -0.132. The van der Waals surface area contributed by atoms with Gasteiger partial charge in [-0.1, -0.05) is 12.1 Å².